The van der Waals surface area contributed by atoms with Crippen molar-refractivity contribution in [3.8, 4) is 0 Å². The zero-order chi connectivity index (χ0) is 28.1. The minimum absolute atomic E-state index is 0.0820. The summed E-state index contributed by atoms with van der Waals surface area (Å²) in [5.74, 6) is 0. The first-order chi connectivity index (χ1) is 19.4. The summed E-state index contributed by atoms with van der Waals surface area (Å²) in [4.78, 5) is 0. The third-order valence-corrected chi connectivity index (χ3v) is 8.98. The molecule has 1 unspecified atom stereocenters. The number of alkyl halides is 1. The van der Waals surface area contributed by atoms with Gasteiger partial charge < -0.3 is 24.8 Å². The summed E-state index contributed by atoms with van der Waals surface area (Å²) < 4.78 is 12.2. The van der Waals surface area contributed by atoms with Gasteiger partial charge in [0.25, 0.3) is 0 Å². The van der Waals surface area contributed by atoms with Crippen molar-refractivity contribution >= 4 is 15.9 Å². The monoisotopic (exact) mass is 602 g/mol. The molecule has 5 nitrogen and oxygen atoms in total. The number of aliphatic hydroxyl groups excluding tert-OH is 2. The van der Waals surface area contributed by atoms with Crippen molar-refractivity contribution in [1.82, 2.24) is 0 Å². The third-order valence-electron chi connectivity index (χ3n) is 7.88. The summed E-state index contributed by atoms with van der Waals surface area (Å²) in [6.45, 7) is -0.298. The summed E-state index contributed by atoms with van der Waals surface area (Å²) >= 11 is 3.96. The average molecular weight is 604 g/mol. The molecule has 1 aliphatic heterocycles. The van der Waals surface area contributed by atoms with E-state index >= 15 is 0 Å². The number of aliphatic hydroxyl groups is 3. The Hall–Kier alpha value is -2.84. The lowest BCUT2D eigenvalue weighted by molar-refractivity contribution is -0.343. The van der Waals surface area contributed by atoms with Gasteiger partial charge >= 0.3 is 0 Å². The van der Waals surface area contributed by atoms with E-state index in [9.17, 15) is 15.3 Å². The van der Waals surface area contributed by atoms with E-state index in [0.717, 1.165) is 22.3 Å². The topological polar surface area (TPSA) is 79.2 Å². The fraction of sp³-hybridized carbons (Fsp3) is 0.294. The Morgan fingerprint density at radius 3 is 1.55 bits per heavy atom. The van der Waals surface area contributed by atoms with Crippen LogP contribution in [0, 0.1) is 0 Å². The summed E-state index contributed by atoms with van der Waals surface area (Å²) in [7, 11) is 0. The number of benzene rings is 4. The van der Waals surface area contributed by atoms with Crippen LogP contribution in [-0.4, -0.2) is 49.8 Å². The molecule has 208 valence electrons. The molecular weight excluding hydrogens is 568 g/mol. The molecule has 1 fully saturated rings. The van der Waals surface area contributed by atoms with Crippen LogP contribution in [0.4, 0.5) is 0 Å². The largest absolute Gasteiger partial charge is 0.394 e. The van der Waals surface area contributed by atoms with Crippen molar-refractivity contribution < 1.29 is 24.8 Å². The maximum absolute atomic E-state index is 13.0. The van der Waals surface area contributed by atoms with Crippen LogP contribution in [0.1, 0.15) is 22.3 Å². The molecule has 6 heteroatoms. The van der Waals surface area contributed by atoms with Gasteiger partial charge in [-0.2, -0.15) is 0 Å². The summed E-state index contributed by atoms with van der Waals surface area (Å²) in [5.41, 5.74) is 0.243. The van der Waals surface area contributed by atoms with Gasteiger partial charge in [0.15, 0.2) is 4.51 Å². The van der Waals surface area contributed by atoms with Crippen LogP contribution in [0.2, 0.25) is 0 Å². The van der Waals surface area contributed by atoms with E-state index in [-0.39, 0.29) is 19.4 Å². The molecule has 5 atom stereocenters. The predicted octanol–water partition coefficient (Wildman–Crippen LogP) is 5.24. The van der Waals surface area contributed by atoms with Crippen molar-refractivity contribution in [2.75, 3.05) is 6.61 Å². The Balaban J connectivity index is 1.72. The highest BCUT2D eigenvalue weighted by molar-refractivity contribution is 9.10. The fourth-order valence-corrected chi connectivity index (χ4v) is 7.00. The molecule has 0 aliphatic carbocycles. The maximum atomic E-state index is 13.0. The number of rotatable bonds is 10. The molecule has 0 spiro atoms. The second-order valence-corrected chi connectivity index (χ2v) is 11.8. The van der Waals surface area contributed by atoms with Crippen LogP contribution in [-0.2, 0) is 35.3 Å². The lowest BCUT2D eigenvalue weighted by Gasteiger charge is -2.62. The van der Waals surface area contributed by atoms with Gasteiger partial charge in [-0.1, -0.05) is 137 Å². The molecule has 1 aliphatic rings. The highest BCUT2D eigenvalue weighted by Gasteiger charge is 2.71. The molecule has 0 radical (unpaired) electrons. The summed E-state index contributed by atoms with van der Waals surface area (Å²) in [6.07, 6.45) is -1.87. The number of hydrogen-bond acceptors (Lipinski definition) is 5. The third kappa shape index (κ3) is 5.66. The van der Waals surface area contributed by atoms with Gasteiger partial charge in [0.05, 0.1) is 13.2 Å². The van der Waals surface area contributed by atoms with E-state index in [2.05, 4.69) is 15.9 Å². The van der Waals surface area contributed by atoms with Gasteiger partial charge in [-0.25, -0.2) is 0 Å². The predicted molar refractivity (Wildman–Crippen MR) is 159 cm³/mol. The Bertz CT molecular complexity index is 1340. The van der Waals surface area contributed by atoms with Crippen molar-refractivity contribution in [2.45, 2.75) is 53.8 Å². The lowest BCUT2D eigenvalue weighted by Crippen LogP contribution is -2.80. The summed E-state index contributed by atoms with van der Waals surface area (Å²) in [5, 5.41) is 35.2. The Morgan fingerprint density at radius 2 is 1.07 bits per heavy atom. The van der Waals surface area contributed by atoms with Gasteiger partial charge in [-0.3, -0.25) is 0 Å². The van der Waals surface area contributed by atoms with Gasteiger partial charge in [0.1, 0.15) is 23.4 Å². The minimum Gasteiger partial charge on any atom is -0.394 e. The molecule has 3 N–H and O–H groups in total. The standard InChI is InChI=1S/C34H35BrO5/c35-34(23-28-17-9-3-10-18-28)33(22-27-15-7-2-8-16-27,39-25-29-19-11-4-12-20-29)32(38,31(37)30(24-36)40-34)21-26-13-5-1-6-14-26/h1-20,30-31,36-38H,21-25H2/t30-,31-,32+,33-,34?/m1/s1. The van der Waals surface area contributed by atoms with Crippen LogP contribution in [0.25, 0.3) is 0 Å². The van der Waals surface area contributed by atoms with Crippen LogP contribution in [0.3, 0.4) is 0 Å². The Labute approximate surface area is 244 Å². The van der Waals surface area contributed by atoms with E-state index in [0.29, 0.717) is 6.42 Å². The molecule has 0 amide bonds. The second-order valence-electron chi connectivity index (χ2n) is 10.5. The molecule has 1 saturated heterocycles. The van der Waals surface area contributed by atoms with E-state index in [1.165, 1.54) is 0 Å². The smallest absolute Gasteiger partial charge is 0.159 e. The molecule has 0 aromatic heterocycles. The molecule has 4 aromatic carbocycles. The molecule has 1 heterocycles. The van der Waals surface area contributed by atoms with Crippen molar-refractivity contribution in [3.63, 3.8) is 0 Å². The maximum Gasteiger partial charge on any atom is 0.159 e. The van der Waals surface area contributed by atoms with Crippen molar-refractivity contribution in [2.24, 2.45) is 0 Å². The van der Waals surface area contributed by atoms with E-state index < -0.39 is 34.5 Å². The minimum atomic E-state index is -1.87. The molecule has 0 saturated carbocycles. The molecule has 40 heavy (non-hydrogen) atoms. The van der Waals surface area contributed by atoms with Crippen LogP contribution >= 0.6 is 15.9 Å². The Morgan fingerprint density at radius 1 is 0.650 bits per heavy atom. The first-order valence-corrected chi connectivity index (χ1v) is 14.4. The molecule has 0 bridgehead atoms. The van der Waals surface area contributed by atoms with E-state index in [1.807, 2.05) is 121 Å². The Kier molecular flexibility index (Phi) is 8.86. The van der Waals surface area contributed by atoms with E-state index in [1.54, 1.807) is 0 Å². The fourth-order valence-electron chi connectivity index (χ4n) is 5.84. The van der Waals surface area contributed by atoms with Crippen molar-refractivity contribution in [3.05, 3.63) is 144 Å². The molecule has 5 rings (SSSR count). The van der Waals surface area contributed by atoms with Gasteiger partial charge in [-0.15, -0.1) is 0 Å². The zero-order valence-electron chi connectivity index (χ0n) is 22.3. The second kappa shape index (κ2) is 12.4. The zero-order valence-corrected chi connectivity index (χ0v) is 23.9. The van der Waals surface area contributed by atoms with Crippen LogP contribution in [0.15, 0.2) is 121 Å². The highest BCUT2D eigenvalue weighted by atomic mass is 79.9. The van der Waals surface area contributed by atoms with Gasteiger partial charge in [0, 0.05) is 19.3 Å². The highest BCUT2D eigenvalue weighted by Crippen LogP contribution is 2.55. The first kappa shape index (κ1) is 28.7. The summed E-state index contributed by atoms with van der Waals surface area (Å²) in [6, 6.07) is 39.0. The lowest BCUT2D eigenvalue weighted by atomic mass is 9.64. The SMILES string of the molecule is OC[C@H]1OC(Br)(Cc2ccccc2)[C@](Cc2ccccc2)(OCc2ccccc2)[C@](O)(Cc2ccccc2)[C@@H]1O. The van der Waals surface area contributed by atoms with Crippen LogP contribution in [0.5, 0.6) is 0 Å². The average Bonchev–Trinajstić information content (AvgIpc) is 2.99. The number of ether oxygens (including phenoxy) is 2. The number of halogens is 1. The van der Waals surface area contributed by atoms with E-state index in [4.69, 9.17) is 9.47 Å². The van der Waals surface area contributed by atoms with Gasteiger partial charge in [0.2, 0.25) is 0 Å². The normalized spacial score (nSPS) is 28.3. The quantitative estimate of drug-likeness (QED) is 0.216. The van der Waals surface area contributed by atoms with Crippen LogP contribution < -0.4 is 0 Å². The first-order valence-electron chi connectivity index (χ1n) is 13.6. The van der Waals surface area contributed by atoms with Crippen molar-refractivity contribution in [1.29, 1.82) is 0 Å². The molecule has 4 aromatic rings. The molecular formula is C34H35BrO5. The van der Waals surface area contributed by atoms with Gasteiger partial charge in [-0.05, 0) is 22.3 Å². The number of hydrogen-bond donors (Lipinski definition) is 3.